The molecule has 6 heteroatoms. The average molecular weight is 1300 g/mol. The third-order valence-corrected chi connectivity index (χ3v) is 23.6. The summed E-state index contributed by atoms with van der Waals surface area (Å²) in [5, 5.41) is 13.6. The molecule has 0 aliphatic heterocycles. The lowest BCUT2D eigenvalue weighted by Gasteiger charge is -2.34. The van der Waals surface area contributed by atoms with Crippen molar-refractivity contribution in [2.75, 3.05) is 0 Å². The molecule has 0 unspecified atom stereocenters. The van der Waals surface area contributed by atoms with Crippen molar-refractivity contribution in [1.29, 1.82) is 0 Å². The second-order valence-corrected chi connectivity index (χ2v) is 29.5. The predicted octanol–water partition coefficient (Wildman–Crippen LogP) is 20.0. The maximum Gasteiger partial charge on any atom is 0.252 e. The van der Waals surface area contributed by atoms with Gasteiger partial charge in [-0.15, -0.1) is 0 Å². The van der Waals surface area contributed by atoms with Gasteiger partial charge >= 0.3 is 0 Å². The van der Waals surface area contributed by atoms with Gasteiger partial charge in [-0.3, -0.25) is 9.59 Å². The first-order valence-electron chi connectivity index (χ1n) is 33.8. The van der Waals surface area contributed by atoms with Crippen LogP contribution in [0.25, 0.3) is 89.0 Å². The Bertz CT molecular complexity index is 4270. The quantitative estimate of drug-likeness (QED) is 0.0841. The fraction of sp³-hybridized carbons (Fsp3) is 0.0652. The number of carbonyl (C=O) groups is 2. The van der Waals surface area contributed by atoms with E-state index >= 15 is 9.59 Å². The summed E-state index contributed by atoms with van der Waals surface area (Å²) in [6.07, 6.45) is 3.26. The van der Waals surface area contributed by atoms with Gasteiger partial charge in [0.05, 0.1) is 0 Å². The summed E-state index contributed by atoms with van der Waals surface area (Å²) in [7, 11) is -2.89. The van der Waals surface area contributed by atoms with Gasteiger partial charge in [0.25, 0.3) is 11.8 Å². The summed E-state index contributed by atoms with van der Waals surface area (Å²) in [6, 6.07) is 129. The van der Waals surface area contributed by atoms with E-state index in [1.165, 1.54) is 0 Å². The third kappa shape index (κ3) is 14.1. The first kappa shape index (κ1) is 63.0. The lowest BCUT2D eigenvalue weighted by atomic mass is 9.89. The van der Waals surface area contributed by atoms with Gasteiger partial charge in [-0.25, -0.2) is 0 Å². The molecule has 4 nitrogen and oxygen atoms in total. The molecule has 1 fully saturated rings. The maximum absolute atomic E-state index is 15.9. The Balaban J connectivity index is 0.829. The monoisotopic (exact) mass is 1300 g/mol. The summed E-state index contributed by atoms with van der Waals surface area (Å²) in [5.74, 6) is -0.318. The zero-order valence-electron chi connectivity index (χ0n) is 54.3. The van der Waals surface area contributed by atoms with Crippen molar-refractivity contribution in [3.05, 3.63) is 375 Å². The Kier molecular flexibility index (Phi) is 18.9. The first-order valence-corrected chi connectivity index (χ1v) is 36.5. The van der Waals surface area contributed by atoms with E-state index in [-0.39, 0.29) is 23.9 Å². The molecule has 1 aliphatic carbocycles. The minimum atomic E-state index is -1.44. The Morgan fingerprint density at radius 2 is 0.408 bits per heavy atom. The SMILES string of the molecule is O=C(N[C@@H]1CCCC[C@H]1NC(=O)c1ccccc1P(c1cc(-c2ccccc2)cc(-c2ccccc2)c1)c1cc(-c2ccccc2)cc(-c2ccccc2)c1)c1ccccc1P(c1cc(-c2ccccc2)cc(-c2ccccc2)c1)c1cc(-c2ccccc2)cc(-c2ccccc2)c1. The normalized spacial score (nSPS) is 13.6. The van der Waals surface area contributed by atoms with Crippen LogP contribution in [0.3, 0.4) is 0 Å². The van der Waals surface area contributed by atoms with Gasteiger partial charge in [0.1, 0.15) is 0 Å². The largest absolute Gasteiger partial charge is 0.347 e. The maximum atomic E-state index is 15.9. The summed E-state index contributed by atoms with van der Waals surface area (Å²) in [4.78, 5) is 31.8. The average Bonchev–Trinajstić information content (AvgIpc) is 0.772. The molecule has 2 atom stereocenters. The molecule has 98 heavy (non-hydrogen) atoms. The van der Waals surface area contributed by atoms with Crippen LogP contribution in [-0.4, -0.2) is 23.9 Å². The van der Waals surface area contributed by atoms with Gasteiger partial charge in [0, 0.05) is 23.2 Å². The van der Waals surface area contributed by atoms with Gasteiger partial charge < -0.3 is 10.6 Å². The van der Waals surface area contributed by atoms with Crippen molar-refractivity contribution in [3.63, 3.8) is 0 Å². The van der Waals surface area contributed by atoms with Crippen LogP contribution in [-0.2, 0) is 0 Å². The minimum absolute atomic E-state index is 0.159. The Labute approximate surface area is 578 Å². The van der Waals surface area contributed by atoms with E-state index in [1.807, 2.05) is 24.3 Å². The number of carbonyl (C=O) groups excluding carboxylic acids is 2. The fourth-order valence-corrected chi connectivity index (χ4v) is 19.0. The highest BCUT2D eigenvalue weighted by Gasteiger charge is 2.33. The molecule has 472 valence electrons. The number of rotatable bonds is 18. The summed E-state index contributed by atoms with van der Waals surface area (Å²) >= 11 is 0. The molecular formula is C92H72N2O2P2. The zero-order valence-corrected chi connectivity index (χ0v) is 56.1. The predicted molar refractivity (Wildman–Crippen MR) is 415 cm³/mol. The van der Waals surface area contributed by atoms with E-state index < -0.39 is 15.8 Å². The molecule has 0 spiro atoms. The van der Waals surface area contributed by atoms with Crippen molar-refractivity contribution >= 4 is 59.5 Å². The third-order valence-electron chi connectivity index (χ3n) is 18.7. The molecule has 14 aromatic rings. The van der Waals surface area contributed by atoms with E-state index in [0.717, 1.165) is 134 Å². The topological polar surface area (TPSA) is 58.2 Å². The van der Waals surface area contributed by atoms with E-state index in [0.29, 0.717) is 24.0 Å². The molecule has 0 radical (unpaired) electrons. The molecule has 0 heterocycles. The van der Waals surface area contributed by atoms with E-state index in [1.54, 1.807) is 0 Å². The summed E-state index contributed by atoms with van der Waals surface area (Å²) < 4.78 is 0. The van der Waals surface area contributed by atoms with Crippen LogP contribution in [0, 0.1) is 0 Å². The van der Waals surface area contributed by atoms with Crippen LogP contribution in [0.4, 0.5) is 0 Å². The van der Waals surface area contributed by atoms with Crippen LogP contribution in [0.5, 0.6) is 0 Å². The standard InChI is InChI=1S/C92H72N2O2P2/c95-91(85-47-25-29-51-89(85)97(81-57-73(65-31-9-1-10-32-65)53-74(58-81)66-33-11-2-12-34-66)82-59-75(67-35-13-3-14-36-67)54-76(60-82)68-37-15-4-16-38-68)93-87-49-27-28-50-88(87)94-92(96)86-48-26-30-52-90(86)98(83-61-77(69-39-17-5-18-40-69)55-78(62-83)70-41-19-6-20-42-70)84-63-79(71-43-21-7-22-44-71)56-80(64-84)72-45-23-8-24-46-72/h1-26,29-48,51-64,87-88H,27-28,49-50H2,(H,93,95)(H,94,96)/t87-,88-/m1/s1. The molecule has 0 bridgehead atoms. The summed E-state index contributed by atoms with van der Waals surface area (Å²) in [6.45, 7) is 0. The lowest BCUT2D eigenvalue weighted by Crippen LogP contribution is -2.54. The van der Waals surface area contributed by atoms with Crippen LogP contribution in [0.1, 0.15) is 46.4 Å². The number of nitrogens with one attached hydrogen (secondary N) is 2. The van der Waals surface area contributed by atoms with Gasteiger partial charge in [0.2, 0.25) is 0 Å². The number of benzene rings is 14. The highest BCUT2D eigenvalue weighted by Crippen LogP contribution is 2.43. The van der Waals surface area contributed by atoms with Crippen molar-refractivity contribution in [2.45, 2.75) is 37.8 Å². The van der Waals surface area contributed by atoms with E-state index in [2.05, 4.69) is 350 Å². The van der Waals surface area contributed by atoms with Crippen LogP contribution >= 0.6 is 15.8 Å². The smallest absolute Gasteiger partial charge is 0.252 e. The van der Waals surface area contributed by atoms with Crippen molar-refractivity contribution in [2.24, 2.45) is 0 Å². The van der Waals surface area contributed by atoms with Gasteiger partial charge in [-0.05, 0) is 234 Å². The molecule has 2 amide bonds. The molecule has 14 aromatic carbocycles. The fourth-order valence-electron chi connectivity index (χ4n) is 13.9. The Morgan fingerprint density at radius 1 is 0.224 bits per heavy atom. The van der Waals surface area contributed by atoms with Gasteiger partial charge in [0.15, 0.2) is 0 Å². The highest BCUT2D eigenvalue weighted by atomic mass is 31.1. The van der Waals surface area contributed by atoms with E-state index in [4.69, 9.17) is 0 Å². The van der Waals surface area contributed by atoms with Crippen molar-refractivity contribution in [3.8, 4) is 89.0 Å². The number of amides is 2. The van der Waals surface area contributed by atoms with Crippen LogP contribution in [0.2, 0.25) is 0 Å². The Morgan fingerprint density at radius 3 is 0.612 bits per heavy atom. The summed E-state index contributed by atoms with van der Waals surface area (Å²) in [5.41, 5.74) is 19.0. The molecule has 2 N–H and O–H groups in total. The van der Waals surface area contributed by atoms with Crippen LogP contribution < -0.4 is 42.5 Å². The van der Waals surface area contributed by atoms with Crippen molar-refractivity contribution < 1.29 is 9.59 Å². The number of hydrogen-bond donors (Lipinski definition) is 2. The molecule has 1 aliphatic rings. The highest BCUT2D eigenvalue weighted by molar-refractivity contribution is 7.80. The van der Waals surface area contributed by atoms with Gasteiger partial charge in [-0.2, -0.15) is 0 Å². The second kappa shape index (κ2) is 29.5. The second-order valence-electron chi connectivity index (χ2n) is 25.2. The van der Waals surface area contributed by atoms with Crippen molar-refractivity contribution in [1.82, 2.24) is 10.6 Å². The zero-order chi connectivity index (χ0) is 66.0. The van der Waals surface area contributed by atoms with E-state index in [9.17, 15) is 0 Å². The minimum Gasteiger partial charge on any atom is -0.347 e. The van der Waals surface area contributed by atoms with Crippen LogP contribution in [0.15, 0.2) is 364 Å². The molecular weight excluding hydrogens is 1230 g/mol. The molecule has 1 saturated carbocycles. The molecule has 15 rings (SSSR count). The Hall–Kier alpha value is -11.1. The lowest BCUT2D eigenvalue weighted by molar-refractivity contribution is 0.0864. The molecule has 0 saturated heterocycles. The number of hydrogen-bond acceptors (Lipinski definition) is 2. The van der Waals surface area contributed by atoms with Gasteiger partial charge in [-0.1, -0.05) is 292 Å². The first-order chi connectivity index (χ1) is 48.4. The molecule has 0 aromatic heterocycles.